The highest BCUT2D eigenvalue weighted by molar-refractivity contribution is 7.33. The summed E-state index contributed by atoms with van der Waals surface area (Å²) in [7, 11) is -2.86. The zero-order valence-corrected chi connectivity index (χ0v) is 23.7. The highest BCUT2D eigenvalue weighted by atomic mass is 31.1. The van der Waals surface area contributed by atoms with Gasteiger partial charge in [0.2, 0.25) is 0 Å². The van der Waals surface area contributed by atoms with E-state index in [4.69, 9.17) is 18.5 Å². The molecule has 0 bridgehead atoms. The third-order valence-corrected chi connectivity index (χ3v) is 6.27. The predicted molar refractivity (Wildman–Crippen MR) is 141 cm³/mol. The van der Waals surface area contributed by atoms with Gasteiger partial charge in [-0.3, -0.25) is 14.2 Å². The zero-order valence-electron chi connectivity index (χ0n) is 22.7. The van der Waals surface area contributed by atoms with Gasteiger partial charge in [0.05, 0.1) is 26.1 Å². The van der Waals surface area contributed by atoms with Gasteiger partial charge in [-0.2, -0.15) is 0 Å². The Kier molecular flexibility index (Phi) is 10.5. The first-order valence-corrected chi connectivity index (χ1v) is 13.3. The van der Waals surface area contributed by atoms with Crippen LogP contribution in [0.25, 0.3) is 0 Å². The van der Waals surface area contributed by atoms with Crippen LogP contribution in [0, 0.1) is 13.8 Å². The first-order chi connectivity index (χ1) is 16.7. The zero-order chi connectivity index (χ0) is 27.1. The second-order valence-corrected chi connectivity index (χ2v) is 12.0. The molecule has 0 radical (unpaired) electrons. The molecule has 198 valence electrons. The van der Waals surface area contributed by atoms with E-state index in [0.29, 0.717) is 11.5 Å². The summed E-state index contributed by atoms with van der Waals surface area (Å²) < 4.78 is 33.2. The number of esters is 2. The second kappa shape index (κ2) is 12.7. The highest BCUT2D eigenvalue weighted by Gasteiger charge is 2.22. The Bertz CT molecular complexity index is 1010. The molecule has 0 fully saturated rings. The molecule has 2 aromatic carbocycles. The van der Waals surface area contributed by atoms with Crippen molar-refractivity contribution in [3.05, 3.63) is 58.7 Å². The fourth-order valence-corrected chi connectivity index (χ4v) is 4.08. The quantitative estimate of drug-likeness (QED) is 0.199. The molecule has 0 saturated carbocycles. The van der Waals surface area contributed by atoms with Crippen LogP contribution in [0.3, 0.4) is 0 Å². The van der Waals surface area contributed by atoms with Gasteiger partial charge in [0, 0.05) is 11.1 Å². The topological polar surface area (TPSA) is 88.1 Å². The van der Waals surface area contributed by atoms with Crippen molar-refractivity contribution in [1.29, 1.82) is 0 Å². The molecular weight excluding hydrogens is 479 g/mol. The number of carbonyl (C=O) groups excluding carboxylic acids is 2. The van der Waals surface area contributed by atoms with Gasteiger partial charge < -0.3 is 18.5 Å². The summed E-state index contributed by atoms with van der Waals surface area (Å²) >= 11 is 0. The SMILES string of the molecule is Cc1ccc(OC(=O)CCO[PH](=O)OCCC(=O)Oc2ccc(C)cc2C(C)(C)C)c(C(C)(C)C)c1. The molecular formula is C28H39O7P. The van der Waals surface area contributed by atoms with Gasteiger partial charge in [-0.25, -0.2) is 0 Å². The lowest BCUT2D eigenvalue weighted by Crippen LogP contribution is -2.17. The van der Waals surface area contributed by atoms with Crippen LogP contribution in [0.1, 0.15) is 76.6 Å². The van der Waals surface area contributed by atoms with Crippen molar-refractivity contribution < 1.29 is 32.7 Å². The van der Waals surface area contributed by atoms with E-state index in [1.807, 2.05) is 79.7 Å². The molecule has 8 heteroatoms. The average Bonchev–Trinajstić information content (AvgIpc) is 2.75. The van der Waals surface area contributed by atoms with E-state index in [0.717, 1.165) is 22.3 Å². The Morgan fingerprint density at radius 1 is 0.694 bits per heavy atom. The molecule has 0 amide bonds. The number of benzene rings is 2. The van der Waals surface area contributed by atoms with Gasteiger partial charge in [-0.1, -0.05) is 76.9 Å². The first-order valence-electron chi connectivity index (χ1n) is 12.1. The Morgan fingerprint density at radius 3 is 1.39 bits per heavy atom. The Morgan fingerprint density at radius 2 is 1.06 bits per heavy atom. The standard InChI is InChI=1S/C28H39O7P/c1-19-9-11-23(21(17-19)27(3,4)5)34-25(29)13-15-32-36(31)33-16-14-26(30)35-24-12-10-20(2)18-22(24)28(6,7)8/h9-12,17-18,36H,13-16H2,1-8H3. The molecule has 2 aromatic rings. The summed E-state index contributed by atoms with van der Waals surface area (Å²) in [6.45, 7) is 16.0. The van der Waals surface area contributed by atoms with E-state index < -0.39 is 20.2 Å². The van der Waals surface area contributed by atoms with Crippen LogP contribution in [0.4, 0.5) is 0 Å². The third-order valence-electron chi connectivity index (χ3n) is 5.39. The van der Waals surface area contributed by atoms with Crippen LogP contribution in [0.2, 0.25) is 0 Å². The highest BCUT2D eigenvalue weighted by Crippen LogP contribution is 2.34. The van der Waals surface area contributed by atoms with E-state index in [9.17, 15) is 14.2 Å². The average molecular weight is 519 g/mol. The monoisotopic (exact) mass is 518 g/mol. The van der Waals surface area contributed by atoms with Crippen LogP contribution in [-0.2, 0) is 34.0 Å². The summed E-state index contributed by atoms with van der Waals surface area (Å²) in [5.74, 6) is 0.0263. The maximum absolute atomic E-state index is 12.3. The molecule has 7 nitrogen and oxygen atoms in total. The van der Waals surface area contributed by atoms with E-state index in [1.54, 1.807) is 12.1 Å². The molecule has 0 aliphatic rings. The van der Waals surface area contributed by atoms with E-state index in [1.165, 1.54) is 0 Å². The Balaban J connectivity index is 1.75. The Hall–Kier alpha value is -2.47. The summed E-state index contributed by atoms with van der Waals surface area (Å²) in [6.07, 6.45) is -0.162. The van der Waals surface area contributed by atoms with E-state index >= 15 is 0 Å². The predicted octanol–water partition coefficient (Wildman–Crippen LogP) is 6.61. The van der Waals surface area contributed by atoms with Crippen LogP contribution in [0.5, 0.6) is 11.5 Å². The van der Waals surface area contributed by atoms with Gasteiger partial charge >= 0.3 is 20.2 Å². The van der Waals surface area contributed by atoms with E-state index in [2.05, 4.69) is 0 Å². The maximum Gasteiger partial charge on any atom is 0.319 e. The molecule has 0 spiro atoms. The number of carbonyl (C=O) groups is 2. The van der Waals surface area contributed by atoms with Crippen molar-refractivity contribution in [3.63, 3.8) is 0 Å². The fourth-order valence-electron chi connectivity index (χ4n) is 3.46. The molecule has 0 aliphatic heterocycles. The van der Waals surface area contributed by atoms with Crippen LogP contribution < -0.4 is 9.47 Å². The van der Waals surface area contributed by atoms with Crippen molar-refractivity contribution in [2.24, 2.45) is 0 Å². The van der Waals surface area contributed by atoms with Crippen molar-refractivity contribution in [3.8, 4) is 11.5 Å². The van der Waals surface area contributed by atoms with Crippen molar-refractivity contribution in [2.45, 2.75) is 79.1 Å². The molecule has 36 heavy (non-hydrogen) atoms. The lowest BCUT2D eigenvalue weighted by atomic mass is 9.85. The summed E-state index contributed by atoms with van der Waals surface area (Å²) in [5.41, 5.74) is 3.65. The lowest BCUT2D eigenvalue weighted by molar-refractivity contribution is -0.135. The van der Waals surface area contributed by atoms with E-state index in [-0.39, 0.29) is 36.9 Å². The molecule has 0 N–H and O–H groups in total. The summed E-state index contributed by atoms with van der Waals surface area (Å²) in [5, 5.41) is 0. The van der Waals surface area contributed by atoms with Crippen molar-refractivity contribution in [1.82, 2.24) is 0 Å². The number of hydrogen-bond acceptors (Lipinski definition) is 7. The van der Waals surface area contributed by atoms with Crippen LogP contribution in [-0.4, -0.2) is 25.2 Å². The van der Waals surface area contributed by atoms with Gasteiger partial charge in [-0.05, 0) is 36.8 Å². The summed E-state index contributed by atoms with van der Waals surface area (Å²) in [6, 6.07) is 11.3. The largest absolute Gasteiger partial charge is 0.426 e. The molecule has 0 atom stereocenters. The first kappa shape index (κ1) is 29.8. The number of hydrogen-bond donors (Lipinski definition) is 0. The minimum atomic E-state index is -2.86. The van der Waals surface area contributed by atoms with Crippen molar-refractivity contribution >= 4 is 20.2 Å². The number of aryl methyl sites for hydroxylation is 2. The molecule has 0 saturated heterocycles. The second-order valence-electron chi connectivity index (χ2n) is 10.9. The summed E-state index contributed by atoms with van der Waals surface area (Å²) in [4.78, 5) is 24.5. The maximum atomic E-state index is 12.3. The van der Waals surface area contributed by atoms with Gasteiger partial charge in [0.25, 0.3) is 0 Å². The van der Waals surface area contributed by atoms with Gasteiger partial charge in [-0.15, -0.1) is 0 Å². The Labute approximate surface area is 215 Å². The number of rotatable bonds is 10. The molecule has 0 aromatic heterocycles. The number of ether oxygens (including phenoxy) is 2. The minimum Gasteiger partial charge on any atom is -0.426 e. The van der Waals surface area contributed by atoms with Crippen molar-refractivity contribution in [2.75, 3.05) is 13.2 Å². The minimum absolute atomic E-state index is 0.0811. The molecule has 0 aliphatic carbocycles. The van der Waals surface area contributed by atoms with Gasteiger partial charge in [0.15, 0.2) is 0 Å². The van der Waals surface area contributed by atoms with Gasteiger partial charge in [0.1, 0.15) is 11.5 Å². The molecule has 0 heterocycles. The molecule has 0 unspecified atom stereocenters. The van der Waals surface area contributed by atoms with Crippen LogP contribution in [0.15, 0.2) is 36.4 Å². The normalized spacial score (nSPS) is 12.0. The third kappa shape index (κ3) is 9.53. The fraction of sp³-hybridized carbons (Fsp3) is 0.500. The van der Waals surface area contributed by atoms with Crippen LogP contribution >= 0.6 is 8.25 Å². The smallest absolute Gasteiger partial charge is 0.319 e. The molecule has 2 rings (SSSR count). The lowest BCUT2D eigenvalue weighted by Gasteiger charge is -2.22.